The van der Waals surface area contributed by atoms with Crippen molar-refractivity contribution in [2.45, 2.75) is 6.61 Å². The zero-order chi connectivity index (χ0) is 20.4. The van der Waals surface area contributed by atoms with Gasteiger partial charge >= 0.3 is 0 Å². The fourth-order valence-electron chi connectivity index (χ4n) is 3.13. The molecule has 0 amide bonds. The van der Waals surface area contributed by atoms with E-state index in [1.807, 2.05) is 30.3 Å². The van der Waals surface area contributed by atoms with Crippen molar-refractivity contribution in [3.63, 3.8) is 0 Å². The SMILES string of the molecule is COc1cc2oc3c(OCc4ccccc4)cccc3c(=O)c(=O)c2cc1OC. The Morgan fingerprint density at radius 3 is 2.17 bits per heavy atom. The number of methoxy groups -OCH3 is 2. The summed E-state index contributed by atoms with van der Waals surface area (Å²) in [4.78, 5) is 25.6. The Labute approximate surface area is 165 Å². The first-order chi connectivity index (χ1) is 14.1. The summed E-state index contributed by atoms with van der Waals surface area (Å²) in [5.74, 6) is 1.09. The predicted octanol–water partition coefficient (Wildman–Crippen LogP) is 3.90. The minimum Gasteiger partial charge on any atom is -0.493 e. The van der Waals surface area contributed by atoms with Crippen LogP contribution in [0.4, 0.5) is 0 Å². The van der Waals surface area contributed by atoms with Crippen LogP contribution in [0.5, 0.6) is 17.2 Å². The fraction of sp³-hybridized carbons (Fsp3) is 0.130. The molecule has 146 valence electrons. The molecule has 0 aliphatic heterocycles. The first-order valence-corrected chi connectivity index (χ1v) is 8.95. The second kappa shape index (κ2) is 7.67. The van der Waals surface area contributed by atoms with E-state index in [1.165, 1.54) is 26.4 Å². The van der Waals surface area contributed by atoms with E-state index in [1.54, 1.807) is 18.2 Å². The van der Waals surface area contributed by atoms with E-state index in [2.05, 4.69) is 0 Å². The molecule has 0 aliphatic rings. The first kappa shape index (κ1) is 18.6. The summed E-state index contributed by atoms with van der Waals surface area (Å²) in [6.45, 7) is 0.293. The van der Waals surface area contributed by atoms with Gasteiger partial charge in [0.25, 0.3) is 0 Å². The highest BCUT2D eigenvalue weighted by molar-refractivity contribution is 5.88. The minimum absolute atomic E-state index is 0.109. The van der Waals surface area contributed by atoms with E-state index in [0.29, 0.717) is 23.9 Å². The molecule has 1 heterocycles. The van der Waals surface area contributed by atoms with Crippen LogP contribution in [0.15, 0.2) is 74.7 Å². The summed E-state index contributed by atoms with van der Waals surface area (Å²) in [5, 5.41) is 0.257. The van der Waals surface area contributed by atoms with E-state index in [0.717, 1.165) is 5.56 Å². The molecule has 0 unspecified atom stereocenters. The molecule has 29 heavy (non-hydrogen) atoms. The van der Waals surface area contributed by atoms with E-state index >= 15 is 0 Å². The molecule has 4 rings (SSSR count). The van der Waals surface area contributed by atoms with Gasteiger partial charge in [0.15, 0.2) is 22.8 Å². The average Bonchev–Trinajstić information content (AvgIpc) is 2.87. The lowest BCUT2D eigenvalue weighted by Gasteiger charge is -2.08. The quantitative estimate of drug-likeness (QED) is 0.481. The van der Waals surface area contributed by atoms with Gasteiger partial charge in [-0.15, -0.1) is 0 Å². The normalized spacial score (nSPS) is 10.8. The van der Waals surface area contributed by atoms with Crippen LogP contribution in [0.1, 0.15) is 5.56 Å². The maximum atomic E-state index is 12.8. The van der Waals surface area contributed by atoms with Gasteiger partial charge in [0, 0.05) is 6.07 Å². The van der Waals surface area contributed by atoms with Crippen LogP contribution in [0.3, 0.4) is 0 Å². The number of para-hydroxylation sites is 1. The highest BCUT2D eigenvalue weighted by Gasteiger charge is 2.15. The van der Waals surface area contributed by atoms with E-state index in [9.17, 15) is 9.59 Å². The Balaban J connectivity index is 1.96. The number of fused-ring (bicyclic) bond motifs is 2. The molecule has 4 aromatic rings. The summed E-state index contributed by atoms with van der Waals surface area (Å²) in [5.41, 5.74) is 0.0206. The molecule has 0 aliphatic carbocycles. The van der Waals surface area contributed by atoms with Crippen LogP contribution >= 0.6 is 0 Å². The van der Waals surface area contributed by atoms with Crippen molar-refractivity contribution in [3.05, 3.63) is 86.7 Å². The topological polar surface area (TPSA) is 75.0 Å². The summed E-state index contributed by atoms with van der Waals surface area (Å²) < 4.78 is 22.4. The third-order valence-corrected chi connectivity index (χ3v) is 4.61. The lowest BCUT2D eigenvalue weighted by atomic mass is 10.2. The van der Waals surface area contributed by atoms with Crippen LogP contribution < -0.4 is 25.1 Å². The third-order valence-electron chi connectivity index (χ3n) is 4.61. The van der Waals surface area contributed by atoms with Gasteiger partial charge in [0.2, 0.25) is 10.9 Å². The van der Waals surface area contributed by atoms with Gasteiger partial charge in [-0.05, 0) is 23.8 Å². The number of ether oxygens (including phenoxy) is 3. The number of rotatable bonds is 5. The maximum Gasteiger partial charge on any atom is 0.237 e. The highest BCUT2D eigenvalue weighted by atomic mass is 16.5. The molecule has 6 heteroatoms. The van der Waals surface area contributed by atoms with Crippen LogP contribution in [-0.2, 0) is 6.61 Å². The second-order valence-electron chi connectivity index (χ2n) is 6.37. The lowest BCUT2D eigenvalue weighted by Crippen LogP contribution is -2.21. The predicted molar refractivity (Wildman–Crippen MR) is 110 cm³/mol. The minimum atomic E-state index is -0.681. The number of hydrogen-bond donors (Lipinski definition) is 0. The van der Waals surface area contributed by atoms with Crippen molar-refractivity contribution in [2.24, 2.45) is 0 Å². The summed E-state index contributed by atoms with van der Waals surface area (Å²) in [6, 6.07) is 17.5. The van der Waals surface area contributed by atoms with Crippen molar-refractivity contribution in [2.75, 3.05) is 14.2 Å². The fourth-order valence-corrected chi connectivity index (χ4v) is 3.13. The molecular weight excluding hydrogens is 372 g/mol. The van der Waals surface area contributed by atoms with E-state index in [4.69, 9.17) is 18.6 Å². The molecule has 0 saturated heterocycles. The molecule has 0 saturated carbocycles. The van der Waals surface area contributed by atoms with E-state index in [-0.39, 0.29) is 21.9 Å². The Morgan fingerprint density at radius 1 is 0.759 bits per heavy atom. The maximum absolute atomic E-state index is 12.8. The summed E-state index contributed by atoms with van der Waals surface area (Å²) in [7, 11) is 2.94. The van der Waals surface area contributed by atoms with Gasteiger partial charge in [-0.2, -0.15) is 0 Å². The molecule has 3 aromatic carbocycles. The zero-order valence-corrected chi connectivity index (χ0v) is 15.9. The van der Waals surface area contributed by atoms with Crippen molar-refractivity contribution < 1.29 is 18.6 Å². The lowest BCUT2D eigenvalue weighted by molar-refractivity contribution is 0.305. The molecule has 0 fully saturated rings. The average molecular weight is 390 g/mol. The van der Waals surface area contributed by atoms with Crippen molar-refractivity contribution in [1.29, 1.82) is 0 Å². The molecule has 6 nitrogen and oxygen atoms in total. The zero-order valence-electron chi connectivity index (χ0n) is 15.9. The van der Waals surface area contributed by atoms with Gasteiger partial charge in [-0.1, -0.05) is 36.4 Å². The van der Waals surface area contributed by atoms with Crippen molar-refractivity contribution in [1.82, 2.24) is 0 Å². The molecule has 0 radical (unpaired) electrons. The Kier molecular flexibility index (Phi) is 4.91. The Hall–Kier alpha value is -3.80. The smallest absolute Gasteiger partial charge is 0.237 e. The van der Waals surface area contributed by atoms with E-state index < -0.39 is 10.9 Å². The largest absolute Gasteiger partial charge is 0.493 e. The third kappa shape index (κ3) is 3.40. The highest BCUT2D eigenvalue weighted by Crippen LogP contribution is 2.32. The van der Waals surface area contributed by atoms with Gasteiger partial charge < -0.3 is 18.6 Å². The molecule has 0 atom stereocenters. The number of hydrogen-bond acceptors (Lipinski definition) is 6. The standard InChI is InChI=1S/C23H18O6/c1-26-19-11-16-18(12-20(19)27-2)29-23-15(21(24)22(16)25)9-6-10-17(23)28-13-14-7-4-3-5-8-14/h3-12H,13H2,1-2H3. The molecule has 0 spiro atoms. The Bertz CT molecular complexity index is 1310. The molecule has 0 bridgehead atoms. The summed E-state index contributed by atoms with van der Waals surface area (Å²) in [6.07, 6.45) is 0. The molecule has 0 N–H and O–H groups in total. The van der Waals surface area contributed by atoms with Gasteiger partial charge in [-0.25, -0.2) is 0 Å². The van der Waals surface area contributed by atoms with Crippen molar-refractivity contribution in [3.8, 4) is 17.2 Å². The first-order valence-electron chi connectivity index (χ1n) is 8.95. The van der Waals surface area contributed by atoms with Gasteiger partial charge in [-0.3, -0.25) is 9.59 Å². The molecular formula is C23H18O6. The van der Waals surface area contributed by atoms with Gasteiger partial charge in [0.1, 0.15) is 12.2 Å². The van der Waals surface area contributed by atoms with Crippen LogP contribution in [-0.4, -0.2) is 14.2 Å². The monoisotopic (exact) mass is 390 g/mol. The molecule has 1 aromatic heterocycles. The van der Waals surface area contributed by atoms with Gasteiger partial charge in [0.05, 0.1) is 25.0 Å². The van der Waals surface area contributed by atoms with Crippen LogP contribution in [0, 0.1) is 0 Å². The van der Waals surface area contributed by atoms with Crippen LogP contribution in [0.2, 0.25) is 0 Å². The van der Waals surface area contributed by atoms with Crippen molar-refractivity contribution >= 4 is 21.9 Å². The second-order valence-corrected chi connectivity index (χ2v) is 6.37. The Morgan fingerprint density at radius 2 is 1.45 bits per heavy atom. The van der Waals surface area contributed by atoms with Crippen LogP contribution in [0.25, 0.3) is 21.9 Å². The number of benzene rings is 3. The summed E-state index contributed by atoms with van der Waals surface area (Å²) >= 11 is 0.